The third kappa shape index (κ3) is 3.59. The van der Waals surface area contributed by atoms with Gasteiger partial charge in [0.2, 0.25) is 0 Å². The normalized spacial score (nSPS) is 18.4. The highest BCUT2D eigenvalue weighted by Gasteiger charge is 2.12. The van der Waals surface area contributed by atoms with E-state index in [0.717, 1.165) is 6.54 Å². The van der Waals surface area contributed by atoms with Crippen molar-refractivity contribution in [1.29, 1.82) is 0 Å². The standard InChI is InChI=1S/C10H17NO2/c1-8(6-11-7-10(12)13)9-4-2-3-5-9/h4,8,11H,2-3,5-7H2,1H3,(H,12,13). The SMILES string of the molecule is CC(CNCC(=O)O)C1=CCCC1. The number of hydrogen-bond acceptors (Lipinski definition) is 2. The van der Waals surface area contributed by atoms with Crippen LogP contribution in [-0.4, -0.2) is 24.2 Å². The van der Waals surface area contributed by atoms with Crippen molar-refractivity contribution in [2.45, 2.75) is 26.2 Å². The smallest absolute Gasteiger partial charge is 0.317 e. The summed E-state index contributed by atoms with van der Waals surface area (Å²) < 4.78 is 0. The maximum atomic E-state index is 10.2. The molecule has 1 aliphatic rings. The molecule has 0 saturated carbocycles. The van der Waals surface area contributed by atoms with Gasteiger partial charge in [0.05, 0.1) is 6.54 Å². The summed E-state index contributed by atoms with van der Waals surface area (Å²) in [6.45, 7) is 2.99. The van der Waals surface area contributed by atoms with Crippen molar-refractivity contribution < 1.29 is 9.90 Å². The fourth-order valence-electron chi connectivity index (χ4n) is 1.67. The number of allylic oxidation sites excluding steroid dienone is 1. The Balaban J connectivity index is 2.17. The van der Waals surface area contributed by atoms with E-state index in [-0.39, 0.29) is 6.54 Å². The number of carboxylic acid groups (broad SMARTS) is 1. The lowest BCUT2D eigenvalue weighted by molar-refractivity contribution is -0.135. The maximum Gasteiger partial charge on any atom is 0.317 e. The Morgan fingerprint density at radius 2 is 2.54 bits per heavy atom. The van der Waals surface area contributed by atoms with E-state index in [1.54, 1.807) is 0 Å². The zero-order valence-electron chi connectivity index (χ0n) is 8.05. The zero-order valence-corrected chi connectivity index (χ0v) is 8.05. The Morgan fingerprint density at radius 3 is 3.08 bits per heavy atom. The number of carboxylic acids is 1. The molecular weight excluding hydrogens is 166 g/mol. The fraction of sp³-hybridized carbons (Fsp3) is 0.700. The van der Waals surface area contributed by atoms with Gasteiger partial charge in [-0.25, -0.2) is 0 Å². The lowest BCUT2D eigenvalue weighted by Crippen LogP contribution is -2.27. The largest absolute Gasteiger partial charge is 0.480 e. The second-order valence-electron chi connectivity index (χ2n) is 3.60. The summed E-state index contributed by atoms with van der Waals surface area (Å²) in [6.07, 6.45) is 5.93. The predicted molar refractivity (Wildman–Crippen MR) is 51.6 cm³/mol. The predicted octanol–water partition coefficient (Wildman–Crippen LogP) is 1.41. The molecule has 3 nitrogen and oxygen atoms in total. The van der Waals surface area contributed by atoms with Gasteiger partial charge in [-0.2, -0.15) is 0 Å². The van der Waals surface area contributed by atoms with Crippen LogP contribution in [0.2, 0.25) is 0 Å². The van der Waals surface area contributed by atoms with Crippen LogP contribution in [0.5, 0.6) is 0 Å². The van der Waals surface area contributed by atoms with Crippen molar-refractivity contribution in [3.63, 3.8) is 0 Å². The van der Waals surface area contributed by atoms with Gasteiger partial charge in [-0.05, 0) is 25.2 Å². The first-order chi connectivity index (χ1) is 6.20. The van der Waals surface area contributed by atoms with Crippen molar-refractivity contribution in [2.75, 3.05) is 13.1 Å². The molecule has 0 bridgehead atoms. The quantitative estimate of drug-likeness (QED) is 0.633. The minimum Gasteiger partial charge on any atom is -0.480 e. The molecule has 1 unspecified atom stereocenters. The molecule has 1 rings (SSSR count). The van der Waals surface area contributed by atoms with E-state index in [9.17, 15) is 4.79 Å². The summed E-state index contributed by atoms with van der Waals surface area (Å²) >= 11 is 0. The van der Waals surface area contributed by atoms with E-state index in [2.05, 4.69) is 18.3 Å². The molecule has 0 aromatic rings. The number of rotatable bonds is 5. The van der Waals surface area contributed by atoms with Crippen LogP contribution in [0.1, 0.15) is 26.2 Å². The summed E-state index contributed by atoms with van der Waals surface area (Å²) in [5.41, 5.74) is 1.48. The molecule has 74 valence electrons. The molecule has 3 heteroatoms. The van der Waals surface area contributed by atoms with Gasteiger partial charge < -0.3 is 10.4 Å². The lowest BCUT2D eigenvalue weighted by atomic mass is 10.0. The summed E-state index contributed by atoms with van der Waals surface area (Å²) in [4.78, 5) is 10.2. The molecule has 0 fully saturated rings. The van der Waals surface area contributed by atoms with Gasteiger partial charge in [-0.1, -0.05) is 18.6 Å². The Bertz CT molecular complexity index is 211. The van der Waals surface area contributed by atoms with E-state index in [0.29, 0.717) is 5.92 Å². The van der Waals surface area contributed by atoms with Gasteiger partial charge >= 0.3 is 5.97 Å². The number of aliphatic carboxylic acids is 1. The van der Waals surface area contributed by atoms with Gasteiger partial charge in [-0.15, -0.1) is 0 Å². The molecule has 0 spiro atoms. The van der Waals surface area contributed by atoms with Crippen LogP contribution in [0, 0.1) is 5.92 Å². The molecule has 13 heavy (non-hydrogen) atoms. The molecule has 0 aliphatic heterocycles. The lowest BCUT2D eigenvalue weighted by Gasteiger charge is -2.12. The Labute approximate surface area is 78.8 Å². The van der Waals surface area contributed by atoms with Gasteiger partial charge in [-0.3, -0.25) is 4.79 Å². The summed E-state index contributed by atoms with van der Waals surface area (Å²) in [5, 5.41) is 11.3. The van der Waals surface area contributed by atoms with E-state index in [1.165, 1.54) is 24.8 Å². The first-order valence-electron chi connectivity index (χ1n) is 4.81. The van der Waals surface area contributed by atoms with Crippen LogP contribution in [-0.2, 0) is 4.79 Å². The summed E-state index contributed by atoms with van der Waals surface area (Å²) in [5.74, 6) is -0.297. The number of carbonyl (C=O) groups is 1. The van der Waals surface area contributed by atoms with Gasteiger partial charge in [0, 0.05) is 6.54 Å². The Kier molecular flexibility index (Phi) is 3.96. The highest BCUT2D eigenvalue weighted by molar-refractivity contribution is 5.68. The average molecular weight is 183 g/mol. The second kappa shape index (κ2) is 5.02. The zero-order chi connectivity index (χ0) is 9.68. The van der Waals surface area contributed by atoms with Gasteiger partial charge in [0.15, 0.2) is 0 Å². The van der Waals surface area contributed by atoms with E-state index in [4.69, 9.17) is 5.11 Å². The number of hydrogen-bond donors (Lipinski definition) is 2. The van der Waals surface area contributed by atoms with Crippen LogP contribution >= 0.6 is 0 Å². The molecule has 1 aliphatic carbocycles. The number of nitrogens with one attached hydrogen (secondary N) is 1. The van der Waals surface area contributed by atoms with E-state index in [1.807, 2.05) is 0 Å². The second-order valence-corrected chi connectivity index (χ2v) is 3.60. The van der Waals surface area contributed by atoms with Crippen molar-refractivity contribution in [3.8, 4) is 0 Å². The third-order valence-electron chi connectivity index (χ3n) is 2.44. The topological polar surface area (TPSA) is 49.3 Å². The molecule has 0 aromatic carbocycles. The molecule has 0 saturated heterocycles. The van der Waals surface area contributed by atoms with Crippen molar-refractivity contribution in [2.24, 2.45) is 5.92 Å². The molecule has 0 aromatic heterocycles. The summed E-state index contributed by atoms with van der Waals surface area (Å²) in [6, 6.07) is 0. The fourth-order valence-corrected chi connectivity index (χ4v) is 1.67. The maximum absolute atomic E-state index is 10.2. The Morgan fingerprint density at radius 1 is 1.77 bits per heavy atom. The molecule has 1 atom stereocenters. The molecular formula is C10H17NO2. The van der Waals surface area contributed by atoms with Crippen molar-refractivity contribution in [1.82, 2.24) is 5.32 Å². The molecule has 2 N–H and O–H groups in total. The summed E-state index contributed by atoms with van der Waals surface area (Å²) in [7, 11) is 0. The van der Waals surface area contributed by atoms with E-state index >= 15 is 0 Å². The van der Waals surface area contributed by atoms with Gasteiger partial charge in [0.25, 0.3) is 0 Å². The van der Waals surface area contributed by atoms with Crippen molar-refractivity contribution >= 4 is 5.97 Å². The Hall–Kier alpha value is -0.830. The minimum absolute atomic E-state index is 0.0671. The first kappa shape index (κ1) is 10.3. The van der Waals surface area contributed by atoms with Crippen molar-refractivity contribution in [3.05, 3.63) is 11.6 Å². The minimum atomic E-state index is -0.785. The van der Waals surface area contributed by atoms with Crippen LogP contribution in [0.4, 0.5) is 0 Å². The molecule has 0 radical (unpaired) electrons. The monoisotopic (exact) mass is 183 g/mol. The van der Waals surface area contributed by atoms with Crippen LogP contribution in [0.15, 0.2) is 11.6 Å². The van der Waals surface area contributed by atoms with Crippen LogP contribution in [0.3, 0.4) is 0 Å². The third-order valence-corrected chi connectivity index (χ3v) is 2.44. The van der Waals surface area contributed by atoms with Crippen LogP contribution in [0.25, 0.3) is 0 Å². The highest BCUT2D eigenvalue weighted by atomic mass is 16.4. The molecule has 0 heterocycles. The first-order valence-corrected chi connectivity index (χ1v) is 4.81. The van der Waals surface area contributed by atoms with Gasteiger partial charge in [0.1, 0.15) is 0 Å². The van der Waals surface area contributed by atoms with E-state index < -0.39 is 5.97 Å². The average Bonchev–Trinajstić information content (AvgIpc) is 2.55. The molecule has 0 amide bonds. The highest BCUT2D eigenvalue weighted by Crippen LogP contribution is 2.24. The van der Waals surface area contributed by atoms with Crippen LogP contribution < -0.4 is 5.32 Å².